The van der Waals surface area contributed by atoms with E-state index in [9.17, 15) is 0 Å². The van der Waals surface area contributed by atoms with Gasteiger partial charge in [-0.3, -0.25) is 0 Å². The second kappa shape index (κ2) is 4.53. The maximum absolute atomic E-state index is 5.37. The summed E-state index contributed by atoms with van der Waals surface area (Å²) < 4.78 is 10.7. The van der Waals surface area contributed by atoms with Crippen molar-refractivity contribution in [3.05, 3.63) is 24.1 Å². The van der Waals surface area contributed by atoms with Gasteiger partial charge in [-0.15, -0.1) is 0 Å². The van der Waals surface area contributed by atoms with Crippen LogP contribution in [0.25, 0.3) is 5.70 Å². The lowest BCUT2D eigenvalue weighted by Crippen LogP contribution is -2.34. The van der Waals surface area contributed by atoms with Gasteiger partial charge in [0, 0.05) is 24.6 Å². The van der Waals surface area contributed by atoms with Gasteiger partial charge in [-0.2, -0.15) is 0 Å². The van der Waals surface area contributed by atoms with Crippen LogP contribution in [0, 0.1) is 0 Å². The zero-order chi connectivity index (χ0) is 12.5. The van der Waals surface area contributed by atoms with E-state index in [4.69, 9.17) is 9.26 Å². The van der Waals surface area contributed by atoms with Crippen LogP contribution < -0.4 is 0 Å². The molecule has 0 aliphatic carbocycles. The molecule has 0 unspecified atom stereocenters. The number of morpholine rings is 1. The Labute approximate surface area is 102 Å². The molecule has 0 atom stereocenters. The third-order valence-corrected chi connectivity index (χ3v) is 2.94. The van der Waals surface area contributed by atoms with Crippen LogP contribution in [-0.2, 0) is 10.2 Å². The van der Waals surface area contributed by atoms with Gasteiger partial charge in [0.1, 0.15) is 11.5 Å². The molecule has 94 valence electrons. The van der Waals surface area contributed by atoms with Crippen molar-refractivity contribution in [2.24, 2.45) is 0 Å². The van der Waals surface area contributed by atoms with Crippen molar-refractivity contribution >= 4 is 5.70 Å². The molecule has 0 aromatic carbocycles. The highest BCUT2D eigenvalue weighted by molar-refractivity contribution is 5.58. The minimum atomic E-state index is -0.0173. The SMILES string of the molecule is C=C(c1cc(C(C)(C)C)on1)N1CCOCC1. The molecular weight excluding hydrogens is 216 g/mol. The van der Waals surface area contributed by atoms with E-state index in [2.05, 4.69) is 37.4 Å². The molecule has 1 fully saturated rings. The lowest BCUT2D eigenvalue weighted by atomic mass is 9.93. The highest BCUT2D eigenvalue weighted by Crippen LogP contribution is 2.26. The fraction of sp³-hybridized carbons (Fsp3) is 0.615. The average Bonchev–Trinajstić information content (AvgIpc) is 2.78. The van der Waals surface area contributed by atoms with Gasteiger partial charge in [-0.1, -0.05) is 32.5 Å². The quantitative estimate of drug-likeness (QED) is 0.789. The van der Waals surface area contributed by atoms with Crippen molar-refractivity contribution in [3.63, 3.8) is 0 Å². The maximum atomic E-state index is 5.37. The van der Waals surface area contributed by atoms with Gasteiger partial charge in [0.05, 0.1) is 18.9 Å². The molecule has 0 amide bonds. The largest absolute Gasteiger partial charge is 0.378 e. The number of hydrogen-bond acceptors (Lipinski definition) is 4. The predicted molar refractivity (Wildman–Crippen MR) is 66.6 cm³/mol. The van der Waals surface area contributed by atoms with Crippen LogP contribution in [0.4, 0.5) is 0 Å². The first-order valence-electron chi connectivity index (χ1n) is 5.97. The van der Waals surface area contributed by atoms with Crippen LogP contribution in [0.5, 0.6) is 0 Å². The fourth-order valence-corrected chi connectivity index (χ4v) is 1.76. The summed E-state index contributed by atoms with van der Waals surface area (Å²) in [5.74, 6) is 0.891. The normalized spacial score (nSPS) is 17.2. The van der Waals surface area contributed by atoms with Crippen LogP contribution in [0.15, 0.2) is 17.2 Å². The second-order valence-corrected chi connectivity index (χ2v) is 5.37. The molecule has 1 aliphatic heterocycles. The lowest BCUT2D eigenvalue weighted by Gasteiger charge is -2.29. The number of rotatable bonds is 2. The van der Waals surface area contributed by atoms with E-state index in [1.807, 2.05) is 6.07 Å². The van der Waals surface area contributed by atoms with Crippen molar-refractivity contribution in [1.82, 2.24) is 10.1 Å². The molecule has 0 radical (unpaired) electrons. The van der Waals surface area contributed by atoms with Crippen LogP contribution in [-0.4, -0.2) is 36.4 Å². The zero-order valence-electron chi connectivity index (χ0n) is 10.8. The Hall–Kier alpha value is -1.29. The Morgan fingerprint density at radius 2 is 2.00 bits per heavy atom. The summed E-state index contributed by atoms with van der Waals surface area (Å²) in [6.07, 6.45) is 0. The zero-order valence-corrected chi connectivity index (χ0v) is 10.8. The van der Waals surface area contributed by atoms with Crippen molar-refractivity contribution < 1.29 is 9.26 Å². The first-order chi connectivity index (χ1) is 7.98. The lowest BCUT2D eigenvalue weighted by molar-refractivity contribution is 0.0638. The molecular formula is C13H20N2O2. The number of nitrogens with zero attached hydrogens (tertiary/aromatic N) is 2. The first kappa shape index (κ1) is 12.2. The highest BCUT2D eigenvalue weighted by Gasteiger charge is 2.22. The molecule has 2 heterocycles. The molecule has 0 bridgehead atoms. The van der Waals surface area contributed by atoms with Crippen molar-refractivity contribution in [1.29, 1.82) is 0 Å². The standard InChI is InChI=1S/C13H20N2O2/c1-10(15-5-7-16-8-6-15)11-9-12(17-14-11)13(2,3)4/h9H,1,5-8H2,2-4H3. The molecule has 4 nitrogen and oxygen atoms in total. The van der Waals surface area contributed by atoms with Crippen molar-refractivity contribution in [2.45, 2.75) is 26.2 Å². The second-order valence-electron chi connectivity index (χ2n) is 5.37. The molecule has 1 aromatic heterocycles. The molecule has 0 N–H and O–H groups in total. The highest BCUT2D eigenvalue weighted by atomic mass is 16.5. The maximum Gasteiger partial charge on any atom is 0.142 e. The summed E-state index contributed by atoms with van der Waals surface area (Å²) in [6, 6.07) is 1.98. The molecule has 1 aromatic rings. The molecule has 0 spiro atoms. The molecule has 17 heavy (non-hydrogen) atoms. The monoisotopic (exact) mass is 236 g/mol. The van der Waals surface area contributed by atoms with Gasteiger partial charge in [-0.25, -0.2) is 0 Å². The Kier molecular flexibility index (Phi) is 3.24. The molecule has 1 aliphatic rings. The summed E-state index contributed by atoms with van der Waals surface area (Å²) in [5.41, 5.74) is 1.74. The van der Waals surface area contributed by atoms with Crippen LogP contribution in [0.3, 0.4) is 0 Å². The Balaban J connectivity index is 2.11. The number of hydrogen-bond donors (Lipinski definition) is 0. The molecule has 1 saturated heterocycles. The summed E-state index contributed by atoms with van der Waals surface area (Å²) in [4.78, 5) is 2.19. The molecule has 2 rings (SSSR count). The van der Waals surface area contributed by atoms with Gasteiger partial charge in [0.25, 0.3) is 0 Å². The number of ether oxygens (including phenoxy) is 1. The predicted octanol–water partition coefficient (Wildman–Crippen LogP) is 2.28. The summed E-state index contributed by atoms with van der Waals surface area (Å²) in [5, 5.41) is 4.10. The Bertz CT molecular complexity index is 398. The van der Waals surface area contributed by atoms with Gasteiger partial charge in [-0.05, 0) is 0 Å². The van der Waals surface area contributed by atoms with Crippen LogP contribution in [0.1, 0.15) is 32.2 Å². The summed E-state index contributed by atoms with van der Waals surface area (Å²) in [7, 11) is 0. The minimum absolute atomic E-state index is 0.0173. The van der Waals surface area contributed by atoms with Gasteiger partial charge < -0.3 is 14.2 Å². The third kappa shape index (κ3) is 2.69. The van der Waals surface area contributed by atoms with E-state index in [1.165, 1.54) is 0 Å². The topological polar surface area (TPSA) is 38.5 Å². The van der Waals surface area contributed by atoms with Crippen molar-refractivity contribution in [2.75, 3.05) is 26.3 Å². The Morgan fingerprint density at radius 3 is 2.53 bits per heavy atom. The van der Waals surface area contributed by atoms with E-state index < -0.39 is 0 Å². The van der Waals surface area contributed by atoms with E-state index >= 15 is 0 Å². The fourth-order valence-electron chi connectivity index (χ4n) is 1.76. The Morgan fingerprint density at radius 1 is 1.35 bits per heavy atom. The van der Waals surface area contributed by atoms with E-state index in [1.54, 1.807) is 0 Å². The summed E-state index contributed by atoms with van der Waals surface area (Å²) in [6.45, 7) is 13.7. The van der Waals surface area contributed by atoms with Gasteiger partial charge in [0.2, 0.25) is 0 Å². The van der Waals surface area contributed by atoms with Crippen molar-refractivity contribution in [3.8, 4) is 0 Å². The van der Waals surface area contributed by atoms with Gasteiger partial charge in [0.15, 0.2) is 0 Å². The van der Waals surface area contributed by atoms with E-state index in [-0.39, 0.29) is 5.41 Å². The van der Waals surface area contributed by atoms with Crippen LogP contribution >= 0.6 is 0 Å². The number of aromatic nitrogens is 1. The molecule has 4 heteroatoms. The van der Waals surface area contributed by atoms with Crippen LogP contribution in [0.2, 0.25) is 0 Å². The first-order valence-corrected chi connectivity index (χ1v) is 5.97. The van der Waals surface area contributed by atoms with E-state index in [0.29, 0.717) is 0 Å². The smallest absolute Gasteiger partial charge is 0.142 e. The average molecular weight is 236 g/mol. The van der Waals surface area contributed by atoms with E-state index in [0.717, 1.165) is 43.5 Å². The van der Waals surface area contributed by atoms with Gasteiger partial charge >= 0.3 is 0 Å². The minimum Gasteiger partial charge on any atom is -0.378 e. The molecule has 0 saturated carbocycles. The third-order valence-electron chi connectivity index (χ3n) is 2.94. The summed E-state index contributed by atoms with van der Waals surface area (Å²) >= 11 is 0.